The molecule has 3 N–H and O–H groups in total. The van der Waals surface area contributed by atoms with E-state index in [-0.39, 0.29) is 29.9 Å². The lowest BCUT2D eigenvalue weighted by Gasteiger charge is -2.10. The molecule has 0 bridgehead atoms. The van der Waals surface area contributed by atoms with Gasteiger partial charge in [-0.15, -0.1) is 24.0 Å². The molecule has 0 aliphatic carbocycles. The van der Waals surface area contributed by atoms with Gasteiger partial charge in [0.15, 0.2) is 5.96 Å². The first kappa shape index (κ1) is 23.2. The summed E-state index contributed by atoms with van der Waals surface area (Å²) in [5.41, 5.74) is 0.664. The molecule has 0 saturated carbocycles. The van der Waals surface area contributed by atoms with Gasteiger partial charge in [-0.3, -0.25) is 9.79 Å². The van der Waals surface area contributed by atoms with Crippen molar-refractivity contribution in [3.63, 3.8) is 0 Å². The van der Waals surface area contributed by atoms with Crippen LogP contribution < -0.4 is 16.0 Å². The van der Waals surface area contributed by atoms with E-state index >= 15 is 0 Å². The average Bonchev–Trinajstić information content (AvgIpc) is 2.54. The van der Waals surface area contributed by atoms with Crippen molar-refractivity contribution in [1.82, 2.24) is 16.0 Å². The first-order chi connectivity index (χ1) is 11.2. The van der Waals surface area contributed by atoms with Crippen molar-refractivity contribution < 1.29 is 4.79 Å². The van der Waals surface area contributed by atoms with E-state index in [4.69, 9.17) is 0 Å². The van der Waals surface area contributed by atoms with Gasteiger partial charge in [-0.2, -0.15) is 0 Å². The van der Waals surface area contributed by atoms with Gasteiger partial charge in [0.05, 0.1) is 0 Å². The minimum atomic E-state index is -0.0525. The second-order valence-corrected chi connectivity index (χ2v) is 6.08. The molecule has 0 fully saturated rings. The van der Waals surface area contributed by atoms with Gasteiger partial charge < -0.3 is 16.0 Å². The largest absolute Gasteiger partial charge is 0.357 e. The lowest BCUT2D eigenvalue weighted by atomic mass is 10.2. The quantitative estimate of drug-likeness (QED) is 0.206. The van der Waals surface area contributed by atoms with Crippen molar-refractivity contribution in [3.05, 3.63) is 34.3 Å². The Morgan fingerprint density at radius 2 is 1.88 bits per heavy atom. The third kappa shape index (κ3) is 10.1. The van der Waals surface area contributed by atoms with Gasteiger partial charge in [0.1, 0.15) is 0 Å². The smallest absolute Gasteiger partial charge is 0.251 e. The number of amides is 1. The Bertz CT molecular complexity index is 511. The van der Waals surface area contributed by atoms with E-state index in [0.29, 0.717) is 18.7 Å². The molecule has 1 rings (SSSR count). The van der Waals surface area contributed by atoms with E-state index in [2.05, 4.69) is 50.7 Å². The molecule has 0 unspecified atom stereocenters. The van der Waals surface area contributed by atoms with Gasteiger partial charge in [-0.05, 0) is 38.0 Å². The third-order valence-electron chi connectivity index (χ3n) is 3.14. The van der Waals surface area contributed by atoms with E-state index in [1.54, 1.807) is 6.07 Å². The van der Waals surface area contributed by atoms with Crippen LogP contribution in [0.4, 0.5) is 0 Å². The first-order valence-corrected chi connectivity index (χ1v) is 9.02. The lowest BCUT2D eigenvalue weighted by molar-refractivity contribution is 0.0953. The van der Waals surface area contributed by atoms with Crippen LogP contribution in [0.3, 0.4) is 0 Å². The molecule has 5 nitrogen and oxygen atoms in total. The molecule has 7 heteroatoms. The maximum absolute atomic E-state index is 12.0. The summed E-state index contributed by atoms with van der Waals surface area (Å²) < 4.78 is 0.906. The molecular formula is C17H28BrIN4O. The summed E-state index contributed by atoms with van der Waals surface area (Å²) in [6, 6.07) is 7.38. The molecule has 0 heterocycles. The zero-order valence-electron chi connectivity index (χ0n) is 14.4. The van der Waals surface area contributed by atoms with Crippen LogP contribution in [0.1, 0.15) is 43.5 Å². The zero-order chi connectivity index (χ0) is 16.9. The van der Waals surface area contributed by atoms with Gasteiger partial charge >= 0.3 is 0 Å². The summed E-state index contributed by atoms with van der Waals surface area (Å²) in [7, 11) is 0. The normalized spacial score (nSPS) is 10.7. The monoisotopic (exact) mass is 510 g/mol. The highest BCUT2D eigenvalue weighted by Crippen LogP contribution is 2.11. The summed E-state index contributed by atoms with van der Waals surface area (Å²) in [6.07, 6.45) is 3.10. The summed E-state index contributed by atoms with van der Waals surface area (Å²) >= 11 is 3.37. The maximum atomic E-state index is 12.0. The van der Waals surface area contributed by atoms with Crippen LogP contribution >= 0.6 is 39.9 Å². The standard InChI is InChI=1S/C17H27BrN4O.HI/c1-3-5-10-21-17(19-4-2)22-12-7-11-20-16(23)14-8-6-9-15(18)13-14;/h6,8-9,13H,3-5,7,10-12H2,1-2H3,(H,20,23)(H2,19,21,22);1H. The first-order valence-electron chi connectivity index (χ1n) is 8.23. The van der Waals surface area contributed by atoms with Crippen LogP contribution in [0.2, 0.25) is 0 Å². The Morgan fingerprint density at radius 1 is 1.12 bits per heavy atom. The van der Waals surface area contributed by atoms with Gasteiger partial charge in [0.25, 0.3) is 5.91 Å². The van der Waals surface area contributed by atoms with Gasteiger partial charge in [0, 0.05) is 36.2 Å². The van der Waals surface area contributed by atoms with Crippen molar-refractivity contribution >= 4 is 51.8 Å². The minimum Gasteiger partial charge on any atom is -0.357 e. The number of unbranched alkanes of at least 4 members (excludes halogenated alkanes) is 1. The Kier molecular flexibility index (Phi) is 14.0. The molecule has 0 radical (unpaired) electrons. The van der Waals surface area contributed by atoms with Crippen LogP contribution in [0.25, 0.3) is 0 Å². The van der Waals surface area contributed by atoms with Crippen LogP contribution in [0.5, 0.6) is 0 Å². The third-order valence-corrected chi connectivity index (χ3v) is 3.64. The van der Waals surface area contributed by atoms with Crippen molar-refractivity contribution in [1.29, 1.82) is 0 Å². The van der Waals surface area contributed by atoms with Crippen LogP contribution in [0.15, 0.2) is 33.7 Å². The molecule has 1 amide bonds. The van der Waals surface area contributed by atoms with Crippen molar-refractivity contribution in [2.45, 2.75) is 33.1 Å². The predicted octanol–water partition coefficient (Wildman–Crippen LogP) is 3.54. The van der Waals surface area contributed by atoms with Crippen molar-refractivity contribution in [2.75, 3.05) is 26.2 Å². The average molecular weight is 511 g/mol. The number of aliphatic imine (C=N–C) groups is 1. The number of hydrogen-bond donors (Lipinski definition) is 3. The number of rotatable bonds is 9. The van der Waals surface area contributed by atoms with Gasteiger partial charge in [-0.1, -0.05) is 35.3 Å². The molecule has 0 saturated heterocycles. The number of nitrogens with one attached hydrogen (secondary N) is 3. The summed E-state index contributed by atoms with van der Waals surface area (Å²) in [4.78, 5) is 16.5. The number of halogens is 2. The van der Waals surface area contributed by atoms with Crippen molar-refractivity contribution in [2.24, 2.45) is 4.99 Å². The molecule has 0 aliphatic rings. The molecule has 1 aromatic rings. The van der Waals surface area contributed by atoms with Crippen molar-refractivity contribution in [3.8, 4) is 0 Å². The summed E-state index contributed by atoms with van der Waals surface area (Å²) in [5, 5.41) is 9.43. The Balaban J connectivity index is 0.00000529. The van der Waals surface area contributed by atoms with Gasteiger partial charge in [0.2, 0.25) is 0 Å². The molecule has 136 valence electrons. The molecule has 0 aliphatic heterocycles. The van der Waals surface area contributed by atoms with Gasteiger partial charge in [-0.25, -0.2) is 0 Å². The molecule has 24 heavy (non-hydrogen) atoms. The lowest BCUT2D eigenvalue weighted by Crippen LogP contribution is -2.38. The Morgan fingerprint density at radius 3 is 2.54 bits per heavy atom. The zero-order valence-corrected chi connectivity index (χ0v) is 18.3. The van der Waals surface area contributed by atoms with E-state index in [0.717, 1.165) is 42.8 Å². The highest BCUT2D eigenvalue weighted by molar-refractivity contribution is 14.0. The second kappa shape index (κ2) is 14.5. The maximum Gasteiger partial charge on any atom is 0.251 e. The highest BCUT2D eigenvalue weighted by atomic mass is 127. The highest BCUT2D eigenvalue weighted by Gasteiger charge is 2.04. The minimum absolute atomic E-state index is 0. The number of nitrogens with zero attached hydrogens (tertiary/aromatic N) is 1. The van der Waals surface area contributed by atoms with E-state index < -0.39 is 0 Å². The fourth-order valence-electron chi connectivity index (χ4n) is 1.93. The molecule has 0 atom stereocenters. The molecular weight excluding hydrogens is 483 g/mol. The van der Waals surface area contributed by atoms with E-state index in [9.17, 15) is 4.79 Å². The van der Waals surface area contributed by atoms with E-state index in [1.165, 1.54) is 0 Å². The predicted molar refractivity (Wildman–Crippen MR) is 115 cm³/mol. The molecule has 0 aromatic heterocycles. The van der Waals surface area contributed by atoms with Crippen LogP contribution in [-0.4, -0.2) is 38.0 Å². The number of hydrogen-bond acceptors (Lipinski definition) is 2. The molecule has 0 spiro atoms. The topological polar surface area (TPSA) is 65.5 Å². The number of guanidine groups is 1. The fourth-order valence-corrected chi connectivity index (χ4v) is 2.33. The SMILES string of the molecule is CCCCNC(=NCCCNC(=O)c1cccc(Br)c1)NCC.I. The Hall–Kier alpha value is -0.830. The van der Waals surface area contributed by atoms with Crippen LogP contribution in [-0.2, 0) is 0 Å². The molecule has 1 aromatic carbocycles. The number of benzene rings is 1. The number of carbonyl (C=O) groups excluding carboxylic acids is 1. The second-order valence-electron chi connectivity index (χ2n) is 5.16. The summed E-state index contributed by atoms with van der Waals surface area (Å²) in [6.45, 7) is 7.29. The fraction of sp³-hybridized carbons (Fsp3) is 0.529. The number of carbonyl (C=O) groups is 1. The summed E-state index contributed by atoms with van der Waals surface area (Å²) in [5.74, 6) is 0.794. The van der Waals surface area contributed by atoms with Crippen LogP contribution in [0, 0.1) is 0 Å². The Labute approximate surface area is 170 Å². The van der Waals surface area contributed by atoms with E-state index in [1.807, 2.05) is 18.2 Å².